The number of aryl methyl sites for hydroxylation is 2. The number of phenolic OH excluding ortho intramolecular Hbond substituents is 1. The maximum absolute atomic E-state index is 15.1. The van der Waals surface area contributed by atoms with E-state index in [1.54, 1.807) is 67.3 Å². The van der Waals surface area contributed by atoms with Gasteiger partial charge >= 0.3 is 5.97 Å². The molecule has 35 heavy (non-hydrogen) atoms. The Kier molecular flexibility index (Phi) is 7.53. The monoisotopic (exact) mass is 561 g/mol. The van der Waals surface area contributed by atoms with Crippen LogP contribution < -0.4 is 0 Å². The summed E-state index contributed by atoms with van der Waals surface area (Å²) in [5.41, 5.74) is 0.222. The Morgan fingerprint density at radius 2 is 2.06 bits per heavy atom. The fourth-order valence-electron chi connectivity index (χ4n) is 4.13. The number of benzene rings is 2. The van der Waals surface area contributed by atoms with Crippen molar-refractivity contribution in [3.8, 4) is 5.75 Å². The Labute approximate surface area is 213 Å². The van der Waals surface area contributed by atoms with Gasteiger partial charge in [-0.3, -0.25) is 0 Å². The fourth-order valence-corrected chi connectivity index (χ4v) is 5.80. The number of alkyl halides is 1. The number of imidazole rings is 1. The summed E-state index contributed by atoms with van der Waals surface area (Å²) in [7, 11) is 1.73. The van der Waals surface area contributed by atoms with Crippen molar-refractivity contribution in [2.75, 3.05) is 6.61 Å². The number of hydrogen-bond acceptors (Lipinski definition) is 5. The number of aromatic nitrogens is 3. The zero-order chi connectivity index (χ0) is 25.3. The third-order valence-electron chi connectivity index (χ3n) is 5.94. The molecular weight excluding hydrogens is 537 g/mol. The molecule has 0 saturated carbocycles. The summed E-state index contributed by atoms with van der Waals surface area (Å²) < 4.78 is 37.5. The van der Waals surface area contributed by atoms with Crippen molar-refractivity contribution < 1.29 is 23.6 Å². The topological polar surface area (TPSA) is 92.3 Å². The van der Waals surface area contributed by atoms with Gasteiger partial charge in [-0.1, -0.05) is 30.3 Å². The highest BCUT2D eigenvalue weighted by Gasteiger charge is 2.32. The van der Waals surface area contributed by atoms with Crippen LogP contribution in [0.5, 0.6) is 5.75 Å². The molecule has 7 nitrogen and oxygen atoms in total. The number of halogens is 2. The Bertz CT molecular complexity index is 1370. The van der Waals surface area contributed by atoms with Gasteiger partial charge in [-0.05, 0) is 47.0 Å². The van der Waals surface area contributed by atoms with Crippen LogP contribution in [0.2, 0.25) is 0 Å². The molecule has 2 heterocycles. The zero-order valence-corrected chi connectivity index (χ0v) is 21.9. The quantitative estimate of drug-likeness (QED) is 0.233. The number of ether oxygens (including phenoxy) is 1. The van der Waals surface area contributed by atoms with Gasteiger partial charge in [-0.15, -0.1) is 0 Å². The second kappa shape index (κ2) is 10.4. The van der Waals surface area contributed by atoms with Crippen LogP contribution in [0.1, 0.15) is 45.4 Å². The van der Waals surface area contributed by atoms with Crippen LogP contribution in [-0.4, -0.2) is 36.4 Å². The second-order valence-corrected chi connectivity index (χ2v) is 10.4. The normalized spacial score (nSPS) is 13.2. The number of phenols is 1. The largest absolute Gasteiger partial charge is 0.614 e. The van der Waals surface area contributed by atoms with E-state index < -0.39 is 22.6 Å². The summed E-state index contributed by atoms with van der Waals surface area (Å²) in [6.07, 6.45) is 3.43. The maximum Gasteiger partial charge on any atom is 0.340 e. The number of esters is 1. The molecule has 0 spiro atoms. The molecule has 2 aromatic carbocycles. The average molecular weight is 562 g/mol. The van der Waals surface area contributed by atoms with Crippen molar-refractivity contribution >= 4 is 44.0 Å². The predicted molar refractivity (Wildman–Crippen MR) is 136 cm³/mol. The number of carbonyl (C=O) groups excluding carboxylic acids is 1. The minimum absolute atomic E-state index is 0.0259. The fraction of sp³-hybridized carbons (Fsp3) is 0.280. The Morgan fingerprint density at radius 3 is 2.69 bits per heavy atom. The number of aromatic hydroxyl groups is 1. The van der Waals surface area contributed by atoms with Crippen molar-refractivity contribution in [1.82, 2.24) is 14.1 Å². The SMILES string of the molecule is CCOC(=O)c1c(C[S+]([O-])C(F)c2ccccc2)n(C)c2cc(Br)c(O)c(Cn3ccnc3C)c12. The van der Waals surface area contributed by atoms with Gasteiger partial charge in [0.1, 0.15) is 17.3 Å². The molecular formula is C25H25BrFN3O4S. The van der Waals surface area contributed by atoms with Gasteiger partial charge in [0.2, 0.25) is 0 Å². The van der Waals surface area contributed by atoms with Crippen molar-refractivity contribution in [2.45, 2.75) is 31.6 Å². The van der Waals surface area contributed by atoms with E-state index in [-0.39, 0.29) is 30.2 Å². The van der Waals surface area contributed by atoms with E-state index in [0.29, 0.717) is 32.2 Å². The first-order valence-corrected chi connectivity index (χ1v) is 13.1. The molecule has 0 radical (unpaired) electrons. The minimum Gasteiger partial charge on any atom is -0.614 e. The molecule has 0 aliphatic carbocycles. The molecule has 2 unspecified atom stereocenters. The summed E-state index contributed by atoms with van der Waals surface area (Å²) in [4.78, 5) is 17.4. The van der Waals surface area contributed by atoms with Crippen LogP contribution in [0.15, 0.2) is 53.3 Å². The summed E-state index contributed by atoms with van der Waals surface area (Å²) in [6, 6.07) is 9.98. The summed E-state index contributed by atoms with van der Waals surface area (Å²) in [6.45, 7) is 3.90. The number of nitrogens with zero attached hydrogens (tertiary/aromatic N) is 3. The van der Waals surface area contributed by atoms with Gasteiger partial charge < -0.3 is 23.5 Å². The van der Waals surface area contributed by atoms with Gasteiger partial charge in [-0.25, -0.2) is 9.78 Å². The number of rotatable bonds is 8. The zero-order valence-electron chi connectivity index (χ0n) is 19.5. The highest BCUT2D eigenvalue weighted by molar-refractivity contribution is 9.10. The van der Waals surface area contributed by atoms with Gasteiger partial charge in [-0.2, -0.15) is 4.39 Å². The third kappa shape index (κ3) is 4.82. The lowest BCUT2D eigenvalue weighted by Crippen LogP contribution is -2.17. The molecule has 0 saturated heterocycles. The lowest BCUT2D eigenvalue weighted by Gasteiger charge is -2.17. The number of fused-ring (bicyclic) bond motifs is 1. The highest BCUT2D eigenvalue weighted by Crippen LogP contribution is 2.41. The molecule has 0 aliphatic heterocycles. The number of carbonyl (C=O) groups is 1. The van der Waals surface area contributed by atoms with Gasteiger partial charge in [0.05, 0.1) is 34.4 Å². The van der Waals surface area contributed by atoms with Crippen molar-refractivity contribution in [1.29, 1.82) is 0 Å². The van der Waals surface area contributed by atoms with Crippen LogP contribution in [0.25, 0.3) is 10.9 Å². The first-order valence-electron chi connectivity index (χ1n) is 11.0. The standard InChI is InChI=1S/C25H25BrFN3O4S/c1-4-34-25(32)22-20(14-35(33)24(27)16-8-6-5-7-9-16)29(3)19-12-18(26)23(31)17(21(19)22)13-30-11-10-28-15(30)2/h5-12,24,31H,4,13-14H2,1-3H3. The Hall–Kier alpha value is -2.82. The van der Waals surface area contributed by atoms with Crippen LogP contribution in [0.3, 0.4) is 0 Å². The predicted octanol–water partition coefficient (Wildman–Crippen LogP) is 5.29. The molecule has 0 amide bonds. The Balaban J connectivity index is 1.89. The van der Waals surface area contributed by atoms with Crippen molar-refractivity contribution in [3.63, 3.8) is 0 Å². The molecule has 184 valence electrons. The molecule has 4 rings (SSSR count). The second-order valence-electron chi connectivity index (χ2n) is 8.04. The minimum atomic E-state index is -1.97. The van der Waals surface area contributed by atoms with E-state index in [0.717, 1.165) is 5.82 Å². The molecule has 10 heteroatoms. The van der Waals surface area contributed by atoms with Crippen LogP contribution in [0, 0.1) is 6.92 Å². The summed E-state index contributed by atoms with van der Waals surface area (Å²) >= 11 is 1.43. The van der Waals surface area contributed by atoms with Crippen molar-refractivity contribution in [3.05, 3.63) is 81.5 Å². The first-order chi connectivity index (χ1) is 16.7. The molecule has 1 N–H and O–H groups in total. The lowest BCUT2D eigenvalue weighted by atomic mass is 10.0. The van der Waals surface area contributed by atoms with Gasteiger partial charge in [0, 0.05) is 36.0 Å². The smallest absolute Gasteiger partial charge is 0.340 e. The van der Waals surface area contributed by atoms with E-state index >= 15 is 4.39 Å². The molecule has 0 fully saturated rings. The van der Waals surface area contributed by atoms with Crippen molar-refractivity contribution in [2.24, 2.45) is 7.05 Å². The van der Waals surface area contributed by atoms with E-state index in [2.05, 4.69) is 20.9 Å². The molecule has 0 aliphatic rings. The van der Waals surface area contributed by atoms with E-state index in [4.69, 9.17) is 4.74 Å². The first kappa shape index (κ1) is 25.3. The lowest BCUT2D eigenvalue weighted by molar-refractivity contribution is 0.0527. The molecule has 0 bridgehead atoms. The van der Waals surface area contributed by atoms with E-state index in [1.807, 2.05) is 11.5 Å². The third-order valence-corrected chi connectivity index (χ3v) is 7.84. The maximum atomic E-state index is 15.1. The number of hydrogen-bond donors (Lipinski definition) is 1. The van der Waals surface area contributed by atoms with Crippen LogP contribution >= 0.6 is 15.9 Å². The molecule has 2 aromatic heterocycles. The Morgan fingerprint density at radius 1 is 1.34 bits per heavy atom. The van der Waals surface area contributed by atoms with E-state index in [1.165, 1.54) is 0 Å². The molecule has 4 aromatic rings. The van der Waals surface area contributed by atoms with Crippen LogP contribution in [0.4, 0.5) is 4.39 Å². The summed E-state index contributed by atoms with van der Waals surface area (Å²) in [5.74, 6) is -0.125. The summed E-state index contributed by atoms with van der Waals surface area (Å²) in [5, 5.41) is 11.5. The van der Waals surface area contributed by atoms with Gasteiger partial charge in [0.25, 0.3) is 5.50 Å². The van der Waals surface area contributed by atoms with E-state index in [9.17, 15) is 14.5 Å². The van der Waals surface area contributed by atoms with Crippen LogP contribution in [-0.2, 0) is 35.3 Å². The average Bonchev–Trinajstić information content (AvgIpc) is 3.37. The highest BCUT2D eigenvalue weighted by atomic mass is 79.9. The molecule has 2 atom stereocenters. The van der Waals surface area contributed by atoms with Gasteiger partial charge in [0.15, 0.2) is 0 Å².